The average molecular weight is 278 g/mol. The second-order valence-electron chi connectivity index (χ2n) is 4.67. The summed E-state index contributed by atoms with van der Waals surface area (Å²) in [5.74, 6) is -4.63. The molecule has 0 amide bonds. The van der Waals surface area contributed by atoms with Gasteiger partial charge in [-0.1, -0.05) is 43.3 Å². The highest BCUT2D eigenvalue weighted by Crippen LogP contribution is 2.20. The first-order valence-electron chi connectivity index (χ1n) is 6.22. The number of ketones is 1. The van der Waals surface area contributed by atoms with Gasteiger partial charge in [-0.15, -0.1) is 0 Å². The Balaban J connectivity index is 2.18. The molecule has 20 heavy (non-hydrogen) atoms. The van der Waals surface area contributed by atoms with Crippen molar-refractivity contribution >= 4 is 5.78 Å². The van der Waals surface area contributed by atoms with Crippen molar-refractivity contribution in [2.24, 2.45) is 5.92 Å². The van der Waals surface area contributed by atoms with Crippen molar-refractivity contribution in [3.63, 3.8) is 0 Å². The summed E-state index contributed by atoms with van der Waals surface area (Å²) in [6, 6.07) is 10.6. The Morgan fingerprint density at radius 2 is 1.65 bits per heavy atom. The van der Waals surface area contributed by atoms with Crippen molar-refractivity contribution in [1.82, 2.24) is 0 Å². The molecule has 0 heterocycles. The van der Waals surface area contributed by atoms with E-state index in [4.69, 9.17) is 0 Å². The van der Waals surface area contributed by atoms with Crippen LogP contribution in [0.3, 0.4) is 0 Å². The lowest BCUT2D eigenvalue weighted by Gasteiger charge is -2.11. The van der Waals surface area contributed by atoms with Gasteiger partial charge in [0.2, 0.25) is 0 Å². The second kappa shape index (κ2) is 5.90. The van der Waals surface area contributed by atoms with Gasteiger partial charge in [0.25, 0.3) is 0 Å². The summed E-state index contributed by atoms with van der Waals surface area (Å²) in [7, 11) is 0. The van der Waals surface area contributed by atoms with Crippen LogP contribution in [0.25, 0.3) is 0 Å². The molecule has 104 valence electrons. The van der Waals surface area contributed by atoms with Crippen LogP contribution in [0.1, 0.15) is 22.8 Å². The van der Waals surface area contributed by atoms with Gasteiger partial charge in [-0.3, -0.25) is 4.79 Å². The SMILES string of the molecule is CC(Cc1ccc(F)c(F)c1F)C(=O)c1ccccc1. The summed E-state index contributed by atoms with van der Waals surface area (Å²) in [5.41, 5.74) is 0.517. The molecule has 2 rings (SSSR count). The predicted octanol–water partition coefficient (Wildman–Crippen LogP) is 4.17. The van der Waals surface area contributed by atoms with E-state index in [0.717, 1.165) is 6.07 Å². The van der Waals surface area contributed by atoms with Crippen LogP contribution >= 0.6 is 0 Å². The van der Waals surface area contributed by atoms with Crippen LogP contribution in [0.4, 0.5) is 13.2 Å². The third-order valence-electron chi connectivity index (χ3n) is 3.15. The zero-order valence-electron chi connectivity index (χ0n) is 10.9. The number of halogens is 3. The largest absolute Gasteiger partial charge is 0.294 e. The molecule has 0 saturated carbocycles. The number of carbonyl (C=O) groups is 1. The van der Waals surface area contributed by atoms with E-state index in [1.807, 2.05) is 0 Å². The fraction of sp³-hybridized carbons (Fsp3) is 0.188. The molecule has 0 bridgehead atoms. The Morgan fingerprint density at radius 3 is 2.30 bits per heavy atom. The number of rotatable bonds is 4. The molecule has 0 saturated heterocycles. The van der Waals surface area contributed by atoms with Gasteiger partial charge in [-0.2, -0.15) is 0 Å². The van der Waals surface area contributed by atoms with Crippen molar-refractivity contribution in [1.29, 1.82) is 0 Å². The highest BCUT2D eigenvalue weighted by Gasteiger charge is 2.20. The lowest BCUT2D eigenvalue weighted by molar-refractivity contribution is 0.0929. The van der Waals surface area contributed by atoms with Crippen LogP contribution in [0, 0.1) is 23.4 Å². The molecule has 4 heteroatoms. The fourth-order valence-electron chi connectivity index (χ4n) is 2.03. The van der Waals surface area contributed by atoms with Crippen LogP contribution in [-0.4, -0.2) is 5.78 Å². The van der Waals surface area contributed by atoms with E-state index in [9.17, 15) is 18.0 Å². The van der Waals surface area contributed by atoms with Crippen molar-refractivity contribution in [2.75, 3.05) is 0 Å². The minimum Gasteiger partial charge on any atom is -0.294 e. The number of hydrogen-bond donors (Lipinski definition) is 0. The summed E-state index contributed by atoms with van der Waals surface area (Å²) in [6.07, 6.45) is 0.0246. The molecule has 0 spiro atoms. The van der Waals surface area contributed by atoms with Gasteiger partial charge in [0.05, 0.1) is 0 Å². The molecule has 1 unspecified atom stereocenters. The summed E-state index contributed by atoms with van der Waals surface area (Å²) in [6.45, 7) is 1.63. The van der Waals surface area contributed by atoms with Crippen LogP contribution < -0.4 is 0 Å². The minimum atomic E-state index is -1.50. The van der Waals surface area contributed by atoms with Crippen molar-refractivity contribution in [3.8, 4) is 0 Å². The molecule has 2 aromatic carbocycles. The average Bonchev–Trinajstić information content (AvgIpc) is 2.48. The fourth-order valence-corrected chi connectivity index (χ4v) is 2.03. The standard InChI is InChI=1S/C16H13F3O/c1-10(16(20)11-5-3-2-4-6-11)9-12-7-8-13(17)15(19)14(12)18/h2-8,10H,9H2,1H3. The van der Waals surface area contributed by atoms with Gasteiger partial charge >= 0.3 is 0 Å². The molecule has 0 radical (unpaired) electrons. The quantitative estimate of drug-likeness (QED) is 0.606. The predicted molar refractivity (Wildman–Crippen MR) is 70.0 cm³/mol. The lowest BCUT2D eigenvalue weighted by atomic mass is 9.92. The Hall–Kier alpha value is -2.10. The number of carbonyl (C=O) groups excluding carboxylic acids is 1. The van der Waals surface area contributed by atoms with Gasteiger partial charge < -0.3 is 0 Å². The first-order valence-corrected chi connectivity index (χ1v) is 6.22. The van der Waals surface area contributed by atoms with E-state index in [-0.39, 0.29) is 17.8 Å². The van der Waals surface area contributed by atoms with Gasteiger partial charge in [-0.05, 0) is 18.1 Å². The maximum Gasteiger partial charge on any atom is 0.194 e. The maximum absolute atomic E-state index is 13.6. The number of benzene rings is 2. The van der Waals surface area contributed by atoms with Gasteiger partial charge in [-0.25, -0.2) is 13.2 Å². The topological polar surface area (TPSA) is 17.1 Å². The molecule has 1 atom stereocenters. The van der Waals surface area contributed by atoms with Crippen molar-refractivity contribution in [3.05, 3.63) is 71.0 Å². The maximum atomic E-state index is 13.6. The molecular formula is C16H13F3O. The highest BCUT2D eigenvalue weighted by molar-refractivity contribution is 5.97. The van der Waals surface area contributed by atoms with Crippen LogP contribution in [0.5, 0.6) is 0 Å². The third-order valence-corrected chi connectivity index (χ3v) is 3.15. The molecule has 1 nitrogen and oxygen atoms in total. The molecule has 0 aliphatic rings. The van der Waals surface area contributed by atoms with E-state index in [2.05, 4.69) is 0 Å². The first kappa shape index (κ1) is 14.3. The molecule has 0 aliphatic heterocycles. The van der Waals surface area contributed by atoms with Crippen LogP contribution in [0.15, 0.2) is 42.5 Å². The van der Waals surface area contributed by atoms with E-state index >= 15 is 0 Å². The van der Waals surface area contributed by atoms with E-state index in [1.54, 1.807) is 37.3 Å². The van der Waals surface area contributed by atoms with Gasteiger partial charge in [0.1, 0.15) is 0 Å². The molecular weight excluding hydrogens is 265 g/mol. The Bertz CT molecular complexity index is 623. The third kappa shape index (κ3) is 2.90. The number of hydrogen-bond acceptors (Lipinski definition) is 1. The number of Topliss-reactive ketones (excluding diaryl/α,β-unsaturated/α-hetero) is 1. The van der Waals surface area contributed by atoms with Crippen molar-refractivity contribution < 1.29 is 18.0 Å². The van der Waals surface area contributed by atoms with Crippen molar-refractivity contribution in [2.45, 2.75) is 13.3 Å². The lowest BCUT2D eigenvalue weighted by Crippen LogP contribution is -2.15. The van der Waals surface area contributed by atoms with E-state index in [1.165, 1.54) is 6.07 Å². The van der Waals surface area contributed by atoms with E-state index in [0.29, 0.717) is 5.56 Å². The molecule has 0 fully saturated rings. The summed E-state index contributed by atoms with van der Waals surface area (Å²) < 4.78 is 39.5. The van der Waals surface area contributed by atoms with Crippen LogP contribution in [-0.2, 0) is 6.42 Å². The minimum absolute atomic E-state index is 0.000631. The smallest absolute Gasteiger partial charge is 0.194 e. The van der Waals surface area contributed by atoms with Gasteiger partial charge in [0, 0.05) is 11.5 Å². The zero-order chi connectivity index (χ0) is 14.7. The Labute approximate surface area is 115 Å². The summed E-state index contributed by atoms with van der Waals surface area (Å²) in [5, 5.41) is 0. The molecule has 2 aromatic rings. The second-order valence-corrected chi connectivity index (χ2v) is 4.67. The normalized spacial score (nSPS) is 12.2. The Kier molecular flexibility index (Phi) is 4.23. The highest BCUT2D eigenvalue weighted by atomic mass is 19.2. The molecule has 0 aliphatic carbocycles. The van der Waals surface area contributed by atoms with Crippen LogP contribution in [0.2, 0.25) is 0 Å². The molecule has 0 N–H and O–H groups in total. The summed E-state index contributed by atoms with van der Waals surface area (Å²) in [4.78, 5) is 12.1. The van der Waals surface area contributed by atoms with Gasteiger partial charge in [0.15, 0.2) is 23.2 Å². The first-order chi connectivity index (χ1) is 9.50. The zero-order valence-corrected chi connectivity index (χ0v) is 10.9. The Morgan fingerprint density at radius 1 is 1.00 bits per heavy atom. The summed E-state index contributed by atoms with van der Waals surface area (Å²) >= 11 is 0. The molecule has 0 aromatic heterocycles. The monoisotopic (exact) mass is 278 g/mol. The van der Waals surface area contributed by atoms with E-state index < -0.39 is 23.4 Å².